The Morgan fingerprint density at radius 1 is 1.20 bits per heavy atom. The number of carbonyl (C=O) groups is 2. The van der Waals surface area contributed by atoms with Crippen LogP contribution in [0, 0.1) is 5.82 Å². The monoisotopic (exact) mass is 343 g/mol. The molecule has 0 saturated carbocycles. The largest absolute Gasteiger partial charge is 0.486 e. The molecule has 130 valence electrons. The first-order valence-corrected chi connectivity index (χ1v) is 7.96. The number of anilines is 1. The molecule has 3 rings (SSSR count). The van der Waals surface area contributed by atoms with E-state index in [2.05, 4.69) is 0 Å². The van der Waals surface area contributed by atoms with Crippen LogP contribution in [0.4, 0.5) is 10.1 Å². The third kappa shape index (κ3) is 3.33. The molecular weight excluding hydrogens is 325 g/mol. The van der Waals surface area contributed by atoms with E-state index in [0.717, 1.165) is 0 Å². The molecule has 1 aliphatic rings. The Morgan fingerprint density at radius 3 is 2.48 bits per heavy atom. The predicted molar refractivity (Wildman–Crippen MR) is 90.4 cm³/mol. The molecule has 0 aromatic heterocycles. The summed E-state index contributed by atoms with van der Waals surface area (Å²) in [5, 5.41) is 9.26. The van der Waals surface area contributed by atoms with Gasteiger partial charge in [-0.15, -0.1) is 0 Å². The van der Waals surface area contributed by atoms with Gasteiger partial charge in [-0.3, -0.25) is 4.79 Å². The smallest absolute Gasteiger partial charge is 0.335 e. The van der Waals surface area contributed by atoms with Gasteiger partial charge in [-0.1, -0.05) is 0 Å². The average molecular weight is 343 g/mol. The van der Waals surface area contributed by atoms with Crippen LogP contribution in [0.1, 0.15) is 42.3 Å². The quantitative estimate of drug-likeness (QED) is 0.921. The summed E-state index contributed by atoms with van der Waals surface area (Å²) in [6.45, 7) is 3.39. The van der Waals surface area contributed by atoms with Crippen LogP contribution in [-0.4, -0.2) is 23.0 Å². The van der Waals surface area contributed by atoms with Gasteiger partial charge in [0.15, 0.2) is 0 Å². The van der Waals surface area contributed by atoms with Crippen LogP contribution < -0.4 is 9.64 Å². The Bertz CT molecular complexity index is 819. The van der Waals surface area contributed by atoms with E-state index in [0.29, 0.717) is 23.4 Å². The minimum absolute atomic E-state index is 0.105. The van der Waals surface area contributed by atoms with E-state index >= 15 is 0 Å². The van der Waals surface area contributed by atoms with Crippen molar-refractivity contribution in [1.82, 2.24) is 0 Å². The molecule has 6 heteroatoms. The van der Waals surface area contributed by atoms with E-state index in [1.54, 1.807) is 11.0 Å². The normalized spacial score (nSPS) is 19.2. The Hall–Kier alpha value is -2.89. The zero-order chi connectivity index (χ0) is 18.1. The zero-order valence-electron chi connectivity index (χ0n) is 13.9. The van der Waals surface area contributed by atoms with Crippen molar-refractivity contribution in [2.75, 3.05) is 4.90 Å². The van der Waals surface area contributed by atoms with Crippen molar-refractivity contribution in [3.8, 4) is 5.75 Å². The molecule has 0 bridgehead atoms. The Morgan fingerprint density at radius 2 is 1.88 bits per heavy atom. The summed E-state index contributed by atoms with van der Waals surface area (Å²) in [4.78, 5) is 25.0. The van der Waals surface area contributed by atoms with Crippen LogP contribution >= 0.6 is 0 Å². The number of carbonyl (C=O) groups excluding carboxylic acids is 1. The third-order valence-corrected chi connectivity index (χ3v) is 4.31. The van der Waals surface area contributed by atoms with Crippen LogP contribution in [-0.2, 0) is 4.79 Å². The van der Waals surface area contributed by atoms with Gasteiger partial charge in [0.2, 0.25) is 5.91 Å². The van der Waals surface area contributed by atoms with Crippen molar-refractivity contribution < 1.29 is 23.8 Å². The minimum atomic E-state index is -1.05. The Kier molecular flexibility index (Phi) is 4.44. The molecule has 2 unspecified atom stereocenters. The van der Waals surface area contributed by atoms with Gasteiger partial charge in [0, 0.05) is 24.9 Å². The summed E-state index contributed by atoms with van der Waals surface area (Å²) in [6, 6.07) is 10.2. The highest BCUT2D eigenvalue weighted by atomic mass is 19.1. The molecule has 2 atom stereocenters. The number of ether oxygens (including phenoxy) is 1. The maximum atomic E-state index is 13.1. The Labute approximate surface area is 144 Å². The molecule has 5 nitrogen and oxygen atoms in total. The van der Waals surface area contributed by atoms with Crippen molar-refractivity contribution in [1.29, 1.82) is 0 Å². The number of carboxylic acids is 1. The van der Waals surface area contributed by atoms with Crippen LogP contribution in [0.5, 0.6) is 5.75 Å². The fourth-order valence-corrected chi connectivity index (χ4v) is 3.21. The van der Waals surface area contributed by atoms with Crippen molar-refractivity contribution in [2.45, 2.75) is 32.4 Å². The Balaban J connectivity index is 2.03. The highest BCUT2D eigenvalue weighted by molar-refractivity contribution is 5.95. The van der Waals surface area contributed by atoms with Crippen molar-refractivity contribution in [2.24, 2.45) is 0 Å². The van der Waals surface area contributed by atoms with Crippen molar-refractivity contribution >= 4 is 17.6 Å². The predicted octanol–water partition coefficient (Wildman–Crippen LogP) is 3.79. The van der Waals surface area contributed by atoms with E-state index < -0.39 is 12.1 Å². The average Bonchev–Trinajstić information content (AvgIpc) is 2.56. The molecule has 0 spiro atoms. The van der Waals surface area contributed by atoms with Gasteiger partial charge in [-0.25, -0.2) is 9.18 Å². The first-order valence-electron chi connectivity index (χ1n) is 7.96. The first kappa shape index (κ1) is 17.0. The van der Waals surface area contributed by atoms with Crippen LogP contribution in [0.3, 0.4) is 0 Å². The summed E-state index contributed by atoms with van der Waals surface area (Å²) < 4.78 is 19.1. The molecule has 1 amide bonds. The fraction of sp³-hybridized carbons (Fsp3) is 0.263. The number of rotatable bonds is 3. The van der Waals surface area contributed by atoms with Crippen LogP contribution in [0.2, 0.25) is 0 Å². The molecule has 1 N–H and O–H groups in total. The molecule has 1 aliphatic heterocycles. The molecule has 2 aromatic rings. The number of nitrogens with zero attached hydrogens (tertiary/aromatic N) is 1. The lowest BCUT2D eigenvalue weighted by molar-refractivity contribution is -0.117. The maximum absolute atomic E-state index is 13.1. The second-order valence-corrected chi connectivity index (χ2v) is 6.11. The summed E-state index contributed by atoms with van der Waals surface area (Å²) >= 11 is 0. The zero-order valence-corrected chi connectivity index (χ0v) is 13.9. The molecule has 0 aliphatic carbocycles. The van der Waals surface area contributed by atoms with E-state index in [1.807, 2.05) is 6.92 Å². The highest BCUT2D eigenvalue weighted by Gasteiger charge is 2.34. The molecule has 1 heterocycles. The number of hydrogen-bond donors (Lipinski definition) is 1. The first-order chi connectivity index (χ1) is 11.9. The van der Waals surface area contributed by atoms with Crippen LogP contribution in [0.25, 0.3) is 0 Å². The van der Waals surface area contributed by atoms with Gasteiger partial charge in [0.1, 0.15) is 17.7 Å². The van der Waals surface area contributed by atoms with Crippen molar-refractivity contribution in [3.05, 3.63) is 59.4 Å². The van der Waals surface area contributed by atoms with Gasteiger partial charge in [0.05, 0.1) is 11.3 Å². The minimum Gasteiger partial charge on any atom is -0.486 e. The second-order valence-electron chi connectivity index (χ2n) is 6.11. The summed E-state index contributed by atoms with van der Waals surface area (Å²) in [7, 11) is 0. The summed E-state index contributed by atoms with van der Waals surface area (Å²) in [5.41, 5.74) is 1.41. The van der Waals surface area contributed by atoms with E-state index in [-0.39, 0.29) is 23.3 Å². The topological polar surface area (TPSA) is 66.8 Å². The summed E-state index contributed by atoms with van der Waals surface area (Å²) in [5.74, 6) is -1.03. The van der Waals surface area contributed by atoms with Gasteiger partial charge in [-0.2, -0.15) is 0 Å². The number of benzene rings is 2. The van der Waals surface area contributed by atoms with Gasteiger partial charge < -0.3 is 14.7 Å². The SMILES string of the molecule is CC(=O)N1c2ccc(C(=O)O)cc2C(Oc2ccc(F)cc2)CC1C. The molecule has 25 heavy (non-hydrogen) atoms. The molecular formula is C19H18FNO4. The van der Waals surface area contributed by atoms with Crippen molar-refractivity contribution in [3.63, 3.8) is 0 Å². The number of aromatic carboxylic acids is 1. The number of amides is 1. The lowest BCUT2D eigenvalue weighted by Gasteiger charge is -2.39. The highest BCUT2D eigenvalue weighted by Crippen LogP contribution is 2.40. The standard InChI is InChI=1S/C19H18FNO4/c1-11-9-18(25-15-6-4-14(20)5-7-15)16-10-13(19(23)24)3-8-17(16)21(11)12(2)22/h3-8,10-11,18H,9H2,1-2H3,(H,23,24). The van der Waals surface area contributed by atoms with Gasteiger partial charge in [0.25, 0.3) is 0 Å². The van der Waals surface area contributed by atoms with E-state index in [9.17, 15) is 19.1 Å². The fourth-order valence-electron chi connectivity index (χ4n) is 3.21. The van der Waals surface area contributed by atoms with Gasteiger partial charge in [-0.05, 0) is 49.4 Å². The third-order valence-electron chi connectivity index (χ3n) is 4.31. The number of fused-ring (bicyclic) bond motifs is 1. The molecule has 0 saturated heterocycles. The van der Waals surface area contributed by atoms with E-state index in [1.165, 1.54) is 43.3 Å². The lowest BCUT2D eigenvalue weighted by Crippen LogP contribution is -2.43. The molecule has 0 radical (unpaired) electrons. The number of carboxylic acid groups (broad SMARTS) is 1. The van der Waals surface area contributed by atoms with Crippen LogP contribution in [0.15, 0.2) is 42.5 Å². The number of halogens is 1. The second kappa shape index (κ2) is 6.55. The summed E-state index contributed by atoms with van der Waals surface area (Å²) in [6.07, 6.45) is 0.0814. The number of hydrogen-bond acceptors (Lipinski definition) is 3. The molecule has 2 aromatic carbocycles. The molecule has 0 fully saturated rings. The van der Waals surface area contributed by atoms with Gasteiger partial charge >= 0.3 is 5.97 Å². The lowest BCUT2D eigenvalue weighted by atomic mass is 9.92. The maximum Gasteiger partial charge on any atom is 0.335 e. The van der Waals surface area contributed by atoms with E-state index in [4.69, 9.17) is 4.74 Å².